The van der Waals surface area contributed by atoms with Crippen LogP contribution in [0.4, 0.5) is 46.0 Å². The summed E-state index contributed by atoms with van der Waals surface area (Å²) in [6.07, 6.45) is -10.8. The number of hydrogen-bond donors (Lipinski definition) is 0. The van der Waals surface area contributed by atoms with Gasteiger partial charge in [0.1, 0.15) is 11.4 Å². The van der Waals surface area contributed by atoms with Crippen LogP contribution in [0.15, 0.2) is 42.5 Å². The molecule has 2 aromatic rings. The summed E-state index contributed by atoms with van der Waals surface area (Å²) in [5.41, 5.74) is -3.92. The van der Waals surface area contributed by atoms with Crippen molar-refractivity contribution in [2.75, 3.05) is 45.2 Å². The standard InChI is InChI=1S/C30H33F7N4O4/c1-28(2,3)45-27(44)41-13-18(14-41)25(42)40-15-23(17-6-8-21(31)9-7-17)24(16-40)39(5)26(43)38(4)22-11-19(29(32,33)34)10-20(12-22)30(35,36)37/h6-12,18,23-24H,13-16H2,1-5H3/t23-,24+/m0/s1. The number of amides is 4. The monoisotopic (exact) mass is 646 g/mol. The smallest absolute Gasteiger partial charge is 0.416 e. The zero-order valence-corrected chi connectivity index (χ0v) is 25.2. The molecule has 45 heavy (non-hydrogen) atoms. The molecule has 8 nitrogen and oxygen atoms in total. The Morgan fingerprint density at radius 1 is 0.800 bits per heavy atom. The van der Waals surface area contributed by atoms with Crippen LogP contribution in [0.25, 0.3) is 0 Å². The molecule has 0 radical (unpaired) electrons. The molecule has 2 atom stereocenters. The molecule has 2 saturated heterocycles. The number of nitrogens with zero attached hydrogens (tertiary/aromatic N) is 4. The summed E-state index contributed by atoms with van der Waals surface area (Å²) in [4.78, 5) is 44.0. The number of ether oxygens (including phenoxy) is 1. The van der Waals surface area contributed by atoms with E-state index in [-0.39, 0.29) is 38.2 Å². The maximum absolute atomic E-state index is 13.7. The minimum atomic E-state index is -5.10. The lowest BCUT2D eigenvalue weighted by atomic mass is 9.93. The highest BCUT2D eigenvalue weighted by molar-refractivity contribution is 5.92. The van der Waals surface area contributed by atoms with Crippen LogP contribution in [0.3, 0.4) is 0 Å². The molecule has 246 valence electrons. The first-order valence-corrected chi connectivity index (χ1v) is 14.0. The Morgan fingerprint density at radius 2 is 1.33 bits per heavy atom. The predicted molar refractivity (Wildman–Crippen MR) is 149 cm³/mol. The van der Waals surface area contributed by atoms with Gasteiger partial charge in [-0.2, -0.15) is 26.3 Å². The Hall–Kier alpha value is -4.04. The Balaban J connectivity index is 1.56. The number of carbonyl (C=O) groups excluding carboxylic acids is 3. The van der Waals surface area contributed by atoms with E-state index < -0.39 is 70.6 Å². The van der Waals surface area contributed by atoms with Crippen LogP contribution in [0, 0.1) is 11.7 Å². The van der Waals surface area contributed by atoms with Gasteiger partial charge < -0.3 is 19.4 Å². The van der Waals surface area contributed by atoms with E-state index in [9.17, 15) is 45.1 Å². The van der Waals surface area contributed by atoms with Crippen molar-refractivity contribution < 1.29 is 49.9 Å². The van der Waals surface area contributed by atoms with Gasteiger partial charge in [-0.3, -0.25) is 9.69 Å². The van der Waals surface area contributed by atoms with E-state index in [1.54, 1.807) is 20.8 Å². The second-order valence-electron chi connectivity index (χ2n) is 12.3. The van der Waals surface area contributed by atoms with Crippen LogP contribution >= 0.6 is 0 Å². The lowest BCUT2D eigenvalue weighted by Gasteiger charge is -2.40. The van der Waals surface area contributed by atoms with E-state index in [0.29, 0.717) is 22.6 Å². The third-order valence-electron chi connectivity index (χ3n) is 7.83. The molecular formula is C30H33F7N4O4. The van der Waals surface area contributed by atoms with E-state index in [4.69, 9.17) is 4.74 Å². The van der Waals surface area contributed by atoms with Crippen molar-refractivity contribution in [1.29, 1.82) is 0 Å². The fraction of sp³-hybridized carbons (Fsp3) is 0.500. The Bertz CT molecular complexity index is 1400. The lowest BCUT2D eigenvalue weighted by molar-refractivity contribution is -0.143. The third kappa shape index (κ3) is 7.61. The van der Waals surface area contributed by atoms with E-state index in [1.807, 2.05) is 0 Å². The number of halogens is 7. The fourth-order valence-electron chi connectivity index (χ4n) is 5.39. The number of benzene rings is 2. The second-order valence-corrected chi connectivity index (χ2v) is 12.3. The molecular weight excluding hydrogens is 613 g/mol. The van der Waals surface area contributed by atoms with Crippen molar-refractivity contribution in [3.8, 4) is 0 Å². The Morgan fingerprint density at radius 3 is 1.82 bits per heavy atom. The van der Waals surface area contributed by atoms with Crippen molar-refractivity contribution in [1.82, 2.24) is 14.7 Å². The molecule has 0 spiro atoms. The number of carbonyl (C=O) groups is 3. The normalized spacial score (nSPS) is 19.3. The number of likely N-dealkylation sites (N-methyl/N-ethyl adjacent to an activating group) is 1. The Labute approximate surface area is 255 Å². The fourth-order valence-corrected chi connectivity index (χ4v) is 5.39. The molecule has 0 aromatic heterocycles. The summed E-state index contributed by atoms with van der Waals surface area (Å²) < 4.78 is 99.8. The van der Waals surface area contributed by atoms with Gasteiger partial charge >= 0.3 is 24.5 Å². The average molecular weight is 647 g/mol. The quantitative estimate of drug-likeness (QED) is 0.371. The van der Waals surface area contributed by atoms with Gasteiger partial charge in [0.25, 0.3) is 0 Å². The minimum absolute atomic E-state index is 0.0176. The van der Waals surface area contributed by atoms with Gasteiger partial charge in [0, 0.05) is 51.9 Å². The highest BCUT2D eigenvalue weighted by atomic mass is 19.4. The van der Waals surface area contributed by atoms with Crippen LogP contribution in [-0.4, -0.2) is 84.6 Å². The van der Waals surface area contributed by atoms with E-state index in [2.05, 4.69) is 0 Å². The summed E-state index contributed by atoms with van der Waals surface area (Å²) in [6.45, 7) is 5.45. The van der Waals surface area contributed by atoms with E-state index in [1.165, 1.54) is 41.1 Å². The molecule has 2 aliphatic heterocycles. The van der Waals surface area contributed by atoms with E-state index >= 15 is 0 Å². The van der Waals surface area contributed by atoms with Gasteiger partial charge in [-0.25, -0.2) is 14.0 Å². The number of alkyl halides is 6. The minimum Gasteiger partial charge on any atom is -0.444 e. The number of rotatable bonds is 4. The van der Waals surface area contributed by atoms with Crippen LogP contribution < -0.4 is 4.90 Å². The number of anilines is 1. The molecule has 2 fully saturated rings. The second kappa shape index (κ2) is 12.0. The maximum Gasteiger partial charge on any atom is 0.416 e. The van der Waals surface area contributed by atoms with Gasteiger partial charge in [-0.1, -0.05) is 12.1 Å². The predicted octanol–water partition coefficient (Wildman–Crippen LogP) is 6.21. The largest absolute Gasteiger partial charge is 0.444 e. The van der Waals surface area contributed by atoms with Crippen LogP contribution in [-0.2, 0) is 21.9 Å². The number of urea groups is 1. The topological polar surface area (TPSA) is 73.4 Å². The summed E-state index contributed by atoms with van der Waals surface area (Å²) >= 11 is 0. The van der Waals surface area contributed by atoms with Crippen molar-refractivity contribution in [2.24, 2.45) is 5.92 Å². The van der Waals surface area contributed by atoms with Gasteiger partial charge in [-0.05, 0) is 56.7 Å². The van der Waals surface area contributed by atoms with Crippen molar-refractivity contribution >= 4 is 23.7 Å². The summed E-state index contributed by atoms with van der Waals surface area (Å²) in [7, 11) is 2.39. The molecule has 0 bridgehead atoms. The van der Waals surface area contributed by atoms with Crippen LogP contribution in [0.5, 0.6) is 0 Å². The summed E-state index contributed by atoms with van der Waals surface area (Å²) in [5.74, 6) is -1.93. The third-order valence-corrected chi connectivity index (χ3v) is 7.83. The molecule has 0 N–H and O–H groups in total. The SMILES string of the molecule is CN(C(=O)N(C)[C@@H]1CN(C(=O)C2CN(C(=O)OC(C)(C)C)C2)C[C@H]1c1ccc(F)cc1)c1cc(C(F)(F)F)cc(C(F)(F)F)c1. The molecule has 2 heterocycles. The van der Waals surface area contributed by atoms with Gasteiger partial charge in [0.05, 0.1) is 23.1 Å². The van der Waals surface area contributed by atoms with Gasteiger partial charge in [-0.15, -0.1) is 0 Å². The average Bonchev–Trinajstić information content (AvgIpc) is 3.34. The molecule has 0 unspecified atom stereocenters. The molecule has 0 saturated carbocycles. The van der Waals surface area contributed by atoms with Gasteiger partial charge in [0.15, 0.2) is 0 Å². The molecule has 15 heteroatoms. The molecule has 0 aliphatic carbocycles. The van der Waals surface area contributed by atoms with Crippen molar-refractivity contribution in [3.05, 3.63) is 65.0 Å². The maximum atomic E-state index is 13.7. The van der Waals surface area contributed by atoms with Crippen molar-refractivity contribution in [2.45, 2.75) is 50.7 Å². The molecule has 4 rings (SSSR count). The highest BCUT2D eigenvalue weighted by Gasteiger charge is 2.46. The highest BCUT2D eigenvalue weighted by Crippen LogP contribution is 2.39. The Kier molecular flexibility index (Phi) is 9.06. The zero-order chi connectivity index (χ0) is 33.6. The first kappa shape index (κ1) is 33.8. The molecule has 2 aromatic carbocycles. The van der Waals surface area contributed by atoms with Gasteiger partial charge in [0.2, 0.25) is 5.91 Å². The van der Waals surface area contributed by atoms with Crippen LogP contribution in [0.1, 0.15) is 43.4 Å². The molecule has 4 amide bonds. The number of likely N-dealkylation sites (tertiary alicyclic amines) is 2. The lowest BCUT2D eigenvalue weighted by Crippen LogP contribution is -2.57. The van der Waals surface area contributed by atoms with Crippen molar-refractivity contribution in [3.63, 3.8) is 0 Å². The first-order valence-electron chi connectivity index (χ1n) is 14.0. The summed E-state index contributed by atoms with van der Waals surface area (Å²) in [6, 6.07) is 4.57. The molecule has 2 aliphatic rings. The van der Waals surface area contributed by atoms with Crippen LogP contribution in [0.2, 0.25) is 0 Å². The first-order chi connectivity index (χ1) is 20.7. The zero-order valence-electron chi connectivity index (χ0n) is 25.2. The summed E-state index contributed by atoms with van der Waals surface area (Å²) in [5, 5.41) is 0. The van der Waals surface area contributed by atoms with E-state index in [0.717, 1.165) is 11.9 Å². The number of hydrogen-bond acceptors (Lipinski definition) is 4.